The van der Waals surface area contributed by atoms with Crippen molar-refractivity contribution >= 4 is 23.7 Å². The number of amidine groups is 1. The van der Waals surface area contributed by atoms with Gasteiger partial charge < -0.3 is 14.8 Å². The number of allylic oxidation sites excluding steroid dienone is 1. The van der Waals surface area contributed by atoms with Gasteiger partial charge in [0.15, 0.2) is 0 Å². The molecule has 2 aliphatic rings. The Bertz CT molecular complexity index is 379. The molecular weight excluding hydrogens is 240 g/mol. The molecule has 2 rings (SSSR count). The molecule has 0 aromatic heterocycles. The van der Waals surface area contributed by atoms with E-state index in [-0.39, 0.29) is 6.04 Å². The number of carbonyl (C=O) groups excluding carboxylic acids is 1. The SMILES string of the molecule is CC1=C(CCCl)C(C=O)N2CCCC(O)C2=N1. The Kier molecular flexibility index (Phi) is 3.84. The molecule has 0 radical (unpaired) electrons. The molecule has 1 saturated heterocycles. The Morgan fingerprint density at radius 3 is 3.06 bits per heavy atom. The number of fused-ring (bicyclic) bond motifs is 1. The highest BCUT2D eigenvalue weighted by atomic mass is 35.5. The molecule has 17 heavy (non-hydrogen) atoms. The summed E-state index contributed by atoms with van der Waals surface area (Å²) in [5.41, 5.74) is 1.81. The van der Waals surface area contributed by atoms with Crippen molar-refractivity contribution in [3.8, 4) is 0 Å². The average Bonchev–Trinajstić information content (AvgIpc) is 2.32. The Hall–Kier alpha value is -0.870. The molecule has 1 N–H and O–H groups in total. The van der Waals surface area contributed by atoms with Crippen LogP contribution in [0.4, 0.5) is 0 Å². The van der Waals surface area contributed by atoms with Gasteiger partial charge in [0.1, 0.15) is 24.3 Å². The second-order valence-corrected chi connectivity index (χ2v) is 4.83. The van der Waals surface area contributed by atoms with Crippen LogP contribution < -0.4 is 0 Å². The van der Waals surface area contributed by atoms with Crippen molar-refractivity contribution in [1.82, 2.24) is 4.90 Å². The molecule has 0 bridgehead atoms. The second kappa shape index (κ2) is 5.19. The molecule has 0 aliphatic carbocycles. The molecule has 94 valence electrons. The number of piperidine rings is 1. The quantitative estimate of drug-likeness (QED) is 0.612. The lowest BCUT2D eigenvalue weighted by Crippen LogP contribution is -2.52. The number of alkyl halides is 1. The minimum atomic E-state index is -0.543. The number of aliphatic hydroxyl groups excluding tert-OH is 1. The molecular formula is C12H17ClN2O2. The van der Waals surface area contributed by atoms with E-state index in [1.165, 1.54) is 0 Å². The first-order chi connectivity index (χ1) is 8.19. The normalized spacial score (nSPS) is 28.9. The first kappa shape index (κ1) is 12.6. The first-order valence-electron chi connectivity index (χ1n) is 5.93. The fourth-order valence-electron chi connectivity index (χ4n) is 2.54. The van der Waals surface area contributed by atoms with Gasteiger partial charge in [-0.1, -0.05) is 0 Å². The summed E-state index contributed by atoms with van der Waals surface area (Å²) < 4.78 is 0. The lowest BCUT2D eigenvalue weighted by atomic mass is 9.95. The monoisotopic (exact) mass is 256 g/mol. The molecule has 1 fully saturated rings. The summed E-state index contributed by atoms with van der Waals surface area (Å²) in [7, 11) is 0. The number of carbonyl (C=O) groups is 1. The number of hydrogen-bond donors (Lipinski definition) is 1. The zero-order valence-corrected chi connectivity index (χ0v) is 10.7. The third-order valence-electron chi connectivity index (χ3n) is 3.40. The molecule has 0 amide bonds. The predicted octanol–water partition coefficient (Wildman–Crippen LogP) is 1.33. The Balaban J connectivity index is 2.38. The van der Waals surface area contributed by atoms with E-state index in [9.17, 15) is 9.90 Å². The van der Waals surface area contributed by atoms with Gasteiger partial charge in [-0.2, -0.15) is 0 Å². The molecule has 0 aromatic carbocycles. The summed E-state index contributed by atoms with van der Waals surface area (Å²) >= 11 is 5.76. The zero-order valence-electron chi connectivity index (χ0n) is 9.90. The van der Waals surface area contributed by atoms with E-state index >= 15 is 0 Å². The Morgan fingerprint density at radius 1 is 1.65 bits per heavy atom. The van der Waals surface area contributed by atoms with Crippen molar-refractivity contribution in [3.05, 3.63) is 11.3 Å². The van der Waals surface area contributed by atoms with Gasteiger partial charge in [0, 0.05) is 18.1 Å². The summed E-state index contributed by atoms with van der Waals surface area (Å²) in [6.45, 7) is 2.66. The number of halogens is 1. The van der Waals surface area contributed by atoms with Gasteiger partial charge in [-0.05, 0) is 31.8 Å². The molecule has 5 heteroatoms. The van der Waals surface area contributed by atoms with Crippen molar-refractivity contribution in [2.75, 3.05) is 12.4 Å². The smallest absolute Gasteiger partial charge is 0.146 e. The summed E-state index contributed by atoms with van der Waals surface area (Å²) in [6, 6.07) is -0.295. The highest BCUT2D eigenvalue weighted by molar-refractivity contribution is 6.18. The summed E-state index contributed by atoms with van der Waals surface area (Å²) in [6.07, 6.45) is 2.66. The zero-order chi connectivity index (χ0) is 12.4. The highest BCUT2D eigenvalue weighted by Crippen LogP contribution is 2.28. The second-order valence-electron chi connectivity index (χ2n) is 4.45. The summed E-state index contributed by atoms with van der Waals surface area (Å²) in [4.78, 5) is 17.6. The number of aliphatic hydroxyl groups is 1. The standard InChI is InChI=1S/C12H17ClN2O2/c1-8-9(4-5-13)10(7-16)15-6-2-3-11(17)12(15)14-8/h7,10-11,17H,2-6H2,1H3. The van der Waals surface area contributed by atoms with Crippen LogP contribution in [0.1, 0.15) is 26.2 Å². The van der Waals surface area contributed by atoms with Crippen LogP contribution in [0.2, 0.25) is 0 Å². The maximum Gasteiger partial charge on any atom is 0.146 e. The minimum Gasteiger partial charge on any atom is -0.385 e. The molecule has 0 saturated carbocycles. The Labute approximate surface area is 106 Å². The van der Waals surface area contributed by atoms with Crippen LogP contribution in [0.25, 0.3) is 0 Å². The van der Waals surface area contributed by atoms with Gasteiger partial charge in [0.2, 0.25) is 0 Å². The van der Waals surface area contributed by atoms with Crippen molar-refractivity contribution in [3.63, 3.8) is 0 Å². The lowest BCUT2D eigenvalue weighted by molar-refractivity contribution is -0.110. The van der Waals surface area contributed by atoms with E-state index in [0.717, 1.165) is 36.9 Å². The lowest BCUT2D eigenvalue weighted by Gasteiger charge is -2.41. The largest absolute Gasteiger partial charge is 0.385 e. The van der Waals surface area contributed by atoms with Gasteiger partial charge in [-0.15, -0.1) is 11.6 Å². The molecule has 2 heterocycles. The third kappa shape index (κ3) is 2.24. The minimum absolute atomic E-state index is 0.295. The maximum absolute atomic E-state index is 11.3. The van der Waals surface area contributed by atoms with Crippen molar-refractivity contribution in [2.45, 2.75) is 38.3 Å². The number of rotatable bonds is 3. The van der Waals surface area contributed by atoms with Gasteiger partial charge in [-0.25, -0.2) is 4.99 Å². The van der Waals surface area contributed by atoms with Crippen molar-refractivity contribution < 1.29 is 9.90 Å². The van der Waals surface area contributed by atoms with Crippen LogP contribution in [0.5, 0.6) is 0 Å². The van der Waals surface area contributed by atoms with Gasteiger partial charge in [0.05, 0.1) is 0 Å². The average molecular weight is 257 g/mol. The van der Waals surface area contributed by atoms with E-state index in [2.05, 4.69) is 4.99 Å². The fourth-order valence-corrected chi connectivity index (χ4v) is 2.75. The van der Waals surface area contributed by atoms with E-state index in [1.54, 1.807) is 0 Å². The third-order valence-corrected chi connectivity index (χ3v) is 3.59. The van der Waals surface area contributed by atoms with Crippen LogP contribution in [0, 0.1) is 0 Å². The van der Waals surface area contributed by atoms with Crippen LogP contribution in [0.3, 0.4) is 0 Å². The van der Waals surface area contributed by atoms with Crippen LogP contribution >= 0.6 is 11.6 Å². The molecule has 0 aromatic rings. The maximum atomic E-state index is 11.3. The topological polar surface area (TPSA) is 52.9 Å². The molecule has 2 aliphatic heterocycles. The van der Waals surface area contributed by atoms with Crippen molar-refractivity contribution in [1.29, 1.82) is 0 Å². The number of hydrogen-bond acceptors (Lipinski definition) is 4. The number of aliphatic imine (C=N–C) groups is 1. The van der Waals surface area contributed by atoms with Crippen molar-refractivity contribution in [2.24, 2.45) is 4.99 Å². The molecule has 2 atom stereocenters. The predicted molar refractivity (Wildman–Crippen MR) is 67.3 cm³/mol. The highest BCUT2D eigenvalue weighted by Gasteiger charge is 2.35. The molecule has 4 nitrogen and oxygen atoms in total. The van der Waals surface area contributed by atoms with E-state index < -0.39 is 6.10 Å². The van der Waals surface area contributed by atoms with Crippen LogP contribution in [0.15, 0.2) is 16.3 Å². The van der Waals surface area contributed by atoms with Crippen LogP contribution in [-0.4, -0.2) is 46.7 Å². The molecule has 2 unspecified atom stereocenters. The fraction of sp³-hybridized carbons (Fsp3) is 0.667. The number of aldehydes is 1. The first-order valence-corrected chi connectivity index (χ1v) is 6.46. The number of nitrogens with zero attached hydrogens (tertiary/aromatic N) is 2. The summed E-state index contributed by atoms with van der Waals surface area (Å²) in [5.74, 6) is 1.13. The van der Waals surface area contributed by atoms with Gasteiger partial charge in [0.25, 0.3) is 0 Å². The van der Waals surface area contributed by atoms with Crippen LogP contribution in [-0.2, 0) is 4.79 Å². The van der Waals surface area contributed by atoms with E-state index in [0.29, 0.717) is 18.1 Å². The van der Waals surface area contributed by atoms with E-state index in [1.807, 2.05) is 11.8 Å². The Morgan fingerprint density at radius 2 is 2.41 bits per heavy atom. The van der Waals surface area contributed by atoms with Gasteiger partial charge >= 0.3 is 0 Å². The molecule has 0 spiro atoms. The summed E-state index contributed by atoms with van der Waals surface area (Å²) in [5, 5.41) is 9.91. The van der Waals surface area contributed by atoms with E-state index in [4.69, 9.17) is 11.6 Å². The van der Waals surface area contributed by atoms with Gasteiger partial charge in [-0.3, -0.25) is 0 Å².